The van der Waals surface area contributed by atoms with Crippen LogP contribution in [-0.2, 0) is 17.8 Å². The summed E-state index contributed by atoms with van der Waals surface area (Å²) in [6.45, 7) is 1.49. The molecular formula is C16H18N4O3. The first-order valence-electron chi connectivity index (χ1n) is 7.57. The van der Waals surface area contributed by atoms with Crippen molar-refractivity contribution in [1.82, 2.24) is 19.9 Å². The van der Waals surface area contributed by atoms with E-state index >= 15 is 0 Å². The zero-order chi connectivity index (χ0) is 16.2. The topological polar surface area (TPSA) is 88.3 Å². The fraction of sp³-hybridized carbons (Fsp3) is 0.375. The zero-order valence-corrected chi connectivity index (χ0v) is 12.6. The first kappa shape index (κ1) is 15.2. The lowest BCUT2D eigenvalue weighted by atomic mass is 9.99. The van der Waals surface area contributed by atoms with Crippen LogP contribution < -0.4 is 0 Å². The molecule has 0 saturated carbocycles. The second kappa shape index (κ2) is 6.60. The molecule has 1 aromatic carbocycles. The predicted molar refractivity (Wildman–Crippen MR) is 81.8 cm³/mol. The number of carboxylic acids is 1. The van der Waals surface area contributed by atoms with Crippen molar-refractivity contribution in [2.45, 2.75) is 19.4 Å². The van der Waals surface area contributed by atoms with Crippen molar-refractivity contribution < 1.29 is 14.7 Å². The summed E-state index contributed by atoms with van der Waals surface area (Å²) in [6, 6.07) is 10.3. The average Bonchev–Trinajstić information content (AvgIpc) is 3.18. The molecule has 1 unspecified atom stereocenters. The molecule has 1 amide bonds. The lowest BCUT2D eigenvalue weighted by Crippen LogP contribution is -2.32. The van der Waals surface area contributed by atoms with Gasteiger partial charge in [0.25, 0.3) is 0 Å². The van der Waals surface area contributed by atoms with Gasteiger partial charge in [0.15, 0.2) is 5.69 Å². The third kappa shape index (κ3) is 3.74. The smallest absolute Gasteiger partial charge is 0.358 e. The summed E-state index contributed by atoms with van der Waals surface area (Å²) in [5.74, 6) is -0.734. The predicted octanol–water partition coefficient (Wildman–Crippen LogP) is 1.07. The fourth-order valence-corrected chi connectivity index (χ4v) is 2.89. The van der Waals surface area contributed by atoms with E-state index in [1.807, 2.05) is 23.1 Å². The molecule has 0 bridgehead atoms. The van der Waals surface area contributed by atoms with E-state index in [-0.39, 0.29) is 18.1 Å². The number of rotatable bonds is 5. The van der Waals surface area contributed by atoms with Gasteiger partial charge in [0.2, 0.25) is 5.91 Å². The van der Waals surface area contributed by atoms with Crippen LogP contribution in [-0.4, -0.2) is 50.0 Å². The van der Waals surface area contributed by atoms with E-state index in [1.165, 1.54) is 16.4 Å². The third-order valence-corrected chi connectivity index (χ3v) is 4.06. The standard InChI is InChI=1S/C16H18N4O3/c21-15(11-20-10-14(16(22)23)17-18-20)19-7-6-13(9-19)8-12-4-2-1-3-5-12/h1-5,10,13H,6-9,11H2,(H,22,23). The number of carbonyl (C=O) groups is 2. The van der Waals surface area contributed by atoms with Crippen LogP contribution in [0, 0.1) is 5.92 Å². The molecule has 7 heteroatoms. The summed E-state index contributed by atoms with van der Waals surface area (Å²) in [5.41, 5.74) is 1.13. The molecule has 0 radical (unpaired) electrons. The number of carboxylic acid groups (broad SMARTS) is 1. The van der Waals surface area contributed by atoms with Gasteiger partial charge in [-0.3, -0.25) is 4.79 Å². The molecule has 3 rings (SSSR count). The minimum absolute atomic E-state index is 0.0261. The fourth-order valence-electron chi connectivity index (χ4n) is 2.89. The third-order valence-electron chi connectivity index (χ3n) is 4.06. The molecule has 7 nitrogen and oxygen atoms in total. The van der Waals surface area contributed by atoms with Crippen LogP contribution in [0.15, 0.2) is 36.5 Å². The van der Waals surface area contributed by atoms with Crippen molar-refractivity contribution in [2.24, 2.45) is 5.92 Å². The highest BCUT2D eigenvalue weighted by molar-refractivity contribution is 5.84. The number of aromatic nitrogens is 3. The number of hydrogen-bond acceptors (Lipinski definition) is 4. The van der Waals surface area contributed by atoms with E-state index in [2.05, 4.69) is 22.4 Å². The Hall–Kier alpha value is -2.70. The summed E-state index contributed by atoms with van der Waals surface area (Å²) in [5, 5.41) is 16.0. The van der Waals surface area contributed by atoms with Crippen LogP contribution in [0.25, 0.3) is 0 Å². The maximum Gasteiger partial charge on any atom is 0.358 e. The van der Waals surface area contributed by atoms with Crippen molar-refractivity contribution in [3.05, 3.63) is 47.8 Å². The molecule has 1 atom stereocenters. The minimum atomic E-state index is -1.15. The largest absolute Gasteiger partial charge is 0.476 e. The highest BCUT2D eigenvalue weighted by atomic mass is 16.4. The zero-order valence-electron chi connectivity index (χ0n) is 12.6. The molecular weight excluding hydrogens is 296 g/mol. The van der Waals surface area contributed by atoms with Gasteiger partial charge in [-0.2, -0.15) is 0 Å². The van der Waals surface area contributed by atoms with Gasteiger partial charge in [0.1, 0.15) is 6.54 Å². The highest BCUT2D eigenvalue weighted by Gasteiger charge is 2.26. The van der Waals surface area contributed by atoms with Crippen LogP contribution >= 0.6 is 0 Å². The number of carbonyl (C=O) groups excluding carboxylic acids is 1. The van der Waals surface area contributed by atoms with Crippen LogP contribution in [0.3, 0.4) is 0 Å². The Morgan fingerprint density at radius 1 is 1.26 bits per heavy atom. The maximum atomic E-state index is 12.3. The normalized spacial score (nSPS) is 17.4. The van der Waals surface area contributed by atoms with Crippen molar-refractivity contribution in [2.75, 3.05) is 13.1 Å². The quantitative estimate of drug-likeness (QED) is 0.892. The lowest BCUT2D eigenvalue weighted by Gasteiger charge is -2.16. The molecule has 1 saturated heterocycles. The van der Waals surface area contributed by atoms with E-state index in [9.17, 15) is 9.59 Å². The molecule has 1 aliphatic heterocycles. The Kier molecular flexibility index (Phi) is 4.36. The number of benzene rings is 1. The van der Waals surface area contributed by atoms with Crippen molar-refractivity contribution in [3.8, 4) is 0 Å². The first-order chi connectivity index (χ1) is 11.1. The van der Waals surface area contributed by atoms with Gasteiger partial charge in [0.05, 0.1) is 6.20 Å². The molecule has 0 spiro atoms. The van der Waals surface area contributed by atoms with Gasteiger partial charge in [-0.25, -0.2) is 9.48 Å². The SMILES string of the molecule is O=C(O)c1cn(CC(=O)N2CCC(Cc3ccccc3)C2)nn1. The Morgan fingerprint density at radius 3 is 2.74 bits per heavy atom. The van der Waals surface area contributed by atoms with Gasteiger partial charge in [-0.1, -0.05) is 35.5 Å². The molecule has 2 heterocycles. The molecule has 2 aromatic rings. The van der Waals surface area contributed by atoms with Crippen LogP contribution in [0.1, 0.15) is 22.5 Å². The van der Waals surface area contributed by atoms with E-state index in [0.717, 1.165) is 25.9 Å². The average molecular weight is 314 g/mol. The number of nitrogens with zero attached hydrogens (tertiary/aromatic N) is 4. The van der Waals surface area contributed by atoms with Gasteiger partial charge in [-0.05, 0) is 24.3 Å². The Labute approximate surface area is 133 Å². The van der Waals surface area contributed by atoms with Gasteiger partial charge >= 0.3 is 5.97 Å². The number of aromatic carboxylic acids is 1. The van der Waals surface area contributed by atoms with Gasteiger partial charge in [-0.15, -0.1) is 5.10 Å². The number of hydrogen-bond donors (Lipinski definition) is 1. The lowest BCUT2D eigenvalue weighted by molar-refractivity contribution is -0.131. The molecule has 1 N–H and O–H groups in total. The summed E-state index contributed by atoms with van der Waals surface area (Å²) in [6.07, 6.45) is 3.23. The monoisotopic (exact) mass is 314 g/mol. The Balaban J connectivity index is 1.53. The van der Waals surface area contributed by atoms with E-state index in [4.69, 9.17) is 5.11 Å². The molecule has 1 aromatic heterocycles. The van der Waals surface area contributed by atoms with Gasteiger partial charge < -0.3 is 10.0 Å². The van der Waals surface area contributed by atoms with Gasteiger partial charge in [0, 0.05) is 13.1 Å². The molecule has 23 heavy (non-hydrogen) atoms. The van der Waals surface area contributed by atoms with Crippen LogP contribution in [0.2, 0.25) is 0 Å². The van der Waals surface area contributed by atoms with Crippen molar-refractivity contribution in [1.29, 1.82) is 0 Å². The summed E-state index contributed by atoms with van der Waals surface area (Å²) >= 11 is 0. The summed E-state index contributed by atoms with van der Waals surface area (Å²) < 4.78 is 1.27. The molecule has 1 aliphatic rings. The number of amides is 1. The Bertz CT molecular complexity index is 698. The van der Waals surface area contributed by atoms with E-state index < -0.39 is 5.97 Å². The number of likely N-dealkylation sites (tertiary alicyclic amines) is 1. The summed E-state index contributed by atoms with van der Waals surface area (Å²) in [7, 11) is 0. The van der Waals surface area contributed by atoms with E-state index in [0.29, 0.717) is 5.92 Å². The second-order valence-corrected chi connectivity index (χ2v) is 5.79. The summed E-state index contributed by atoms with van der Waals surface area (Å²) in [4.78, 5) is 24.9. The molecule has 1 fully saturated rings. The van der Waals surface area contributed by atoms with Crippen molar-refractivity contribution in [3.63, 3.8) is 0 Å². The Morgan fingerprint density at radius 2 is 2.04 bits per heavy atom. The molecule has 120 valence electrons. The van der Waals surface area contributed by atoms with Crippen LogP contribution in [0.4, 0.5) is 0 Å². The molecule has 0 aliphatic carbocycles. The van der Waals surface area contributed by atoms with Crippen molar-refractivity contribution >= 4 is 11.9 Å². The second-order valence-electron chi connectivity index (χ2n) is 5.79. The van der Waals surface area contributed by atoms with E-state index in [1.54, 1.807) is 0 Å². The van der Waals surface area contributed by atoms with Crippen LogP contribution in [0.5, 0.6) is 0 Å². The maximum absolute atomic E-state index is 12.3. The minimum Gasteiger partial charge on any atom is -0.476 e. The first-order valence-corrected chi connectivity index (χ1v) is 7.57. The highest BCUT2D eigenvalue weighted by Crippen LogP contribution is 2.21.